The monoisotopic (exact) mass is 414 g/mol. The van der Waals surface area contributed by atoms with E-state index in [1.54, 1.807) is 30.3 Å². The molecule has 0 aliphatic heterocycles. The fourth-order valence-corrected chi connectivity index (χ4v) is 3.08. The summed E-state index contributed by atoms with van der Waals surface area (Å²) in [5.74, 6) is -2.49. The lowest BCUT2D eigenvalue weighted by Crippen LogP contribution is -2.09. The number of benzene rings is 4. The van der Waals surface area contributed by atoms with E-state index >= 15 is 0 Å². The number of carboxylic acids is 2. The molecule has 4 rings (SSSR count). The first-order chi connectivity index (χ1) is 14.6. The Kier molecular flexibility index (Phi) is 8.25. The highest BCUT2D eigenvalue weighted by Crippen LogP contribution is 2.26. The van der Waals surface area contributed by atoms with Crippen molar-refractivity contribution < 1.29 is 25.3 Å². The Morgan fingerprint density at radius 3 is 1.29 bits per heavy atom. The number of carboxylic acid groups (broad SMARTS) is 2. The first-order valence-electron chi connectivity index (χ1n) is 9.33. The predicted molar refractivity (Wildman–Crippen MR) is 121 cm³/mol. The molecule has 0 atom stereocenters. The molecule has 156 valence electrons. The SMILES string of the molecule is O.O=C(O)c1cccc(-c2ccccc2)c1C(=O)O.c1ccc(-c2ccccc2)cc1. The minimum absolute atomic E-state index is 0. The molecule has 0 saturated carbocycles. The zero-order valence-electron chi connectivity index (χ0n) is 16.6. The van der Waals surface area contributed by atoms with Crippen molar-refractivity contribution in [1.82, 2.24) is 0 Å². The van der Waals surface area contributed by atoms with Crippen LogP contribution in [0.2, 0.25) is 0 Å². The Morgan fingerprint density at radius 1 is 0.484 bits per heavy atom. The Balaban J connectivity index is 0.000000229. The van der Waals surface area contributed by atoms with Gasteiger partial charge in [-0.1, -0.05) is 103 Å². The minimum atomic E-state index is -1.25. The molecular formula is C26H22O5. The molecule has 0 heterocycles. The van der Waals surface area contributed by atoms with Gasteiger partial charge in [0.2, 0.25) is 0 Å². The molecule has 0 aliphatic carbocycles. The normalized spacial score (nSPS) is 9.55. The van der Waals surface area contributed by atoms with Crippen molar-refractivity contribution in [2.75, 3.05) is 0 Å². The third kappa shape index (κ3) is 5.88. The summed E-state index contributed by atoms with van der Waals surface area (Å²) in [6.07, 6.45) is 0. The van der Waals surface area contributed by atoms with Gasteiger partial charge in [0.05, 0.1) is 11.1 Å². The van der Waals surface area contributed by atoms with Crippen LogP contribution in [0, 0.1) is 0 Å². The molecule has 5 heteroatoms. The number of hydrogen-bond acceptors (Lipinski definition) is 2. The van der Waals surface area contributed by atoms with Gasteiger partial charge in [0.15, 0.2) is 0 Å². The maximum absolute atomic E-state index is 11.3. The molecule has 0 fully saturated rings. The second-order valence-electron chi connectivity index (χ2n) is 6.44. The van der Waals surface area contributed by atoms with Crippen molar-refractivity contribution in [3.05, 3.63) is 120 Å². The van der Waals surface area contributed by atoms with Crippen LogP contribution in [0.3, 0.4) is 0 Å². The molecule has 0 spiro atoms. The largest absolute Gasteiger partial charge is 0.478 e. The Labute approximate surface area is 180 Å². The molecule has 4 aromatic rings. The summed E-state index contributed by atoms with van der Waals surface area (Å²) in [5.41, 5.74) is 3.25. The standard InChI is InChI=1S/C14H10O4.C12H10.H2O/c15-13(16)11-8-4-7-10(12(11)14(17)18)9-5-2-1-3-6-9;1-3-7-11(8-4-1)12-9-5-2-6-10-12;/h1-8H,(H,15,16)(H,17,18);1-10H;1H2. The summed E-state index contributed by atoms with van der Waals surface area (Å²) in [5, 5.41) is 18.2. The van der Waals surface area contributed by atoms with Crippen LogP contribution < -0.4 is 0 Å². The molecule has 4 aromatic carbocycles. The fourth-order valence-electron chi connectivity index (χ4n) is 3.08. The van der Waals surface area contributed by atoms with E-state index in [1.165, 1.54) is 23.3 Å². The third-order valence-electron chi connectivity index (χ3n) is 4.47. The fraction of sp³-hybridized carbons (Fsp3) is 0. The maximum Gasteiger partial charge on any atom is 0.337 e. The quantitative estimate of drug-likeness (QED) is 0.474. The van der Waals surface area contributed by atoms with Gasteiger partial charge in [-0.05, 0) is 28.3 Å². The maximum atomic E-state index is 11.3. The number of aromatic carboxylic acids is 2. The first-order valence-corrected chi connectivity index (χ1v) is 9.33. The van der Waals surface area contributed by atoms with Gasteiger partial charge in [-0.25, -0.2) is 9.59 Å². The van der Waals surface area contributed by atoms with Gasteiger partial charge in [-0.3, -0.25) is 0 Å². The first kappa shape index (κ1) is 23.1. The second-order valence-corrected chi connectivity index (χ2v) is 6.44. The van der Waals surface area contributed by atoms with Crippen molar-refractivity contribution in [3.8, 4) is 22.3 Å². The molecule has 5 nitrogen and oxygen atoms in total. The predicted octanol–water partition coefficient (Wildman–Crippen LogP) is 5.28. The number of hydrogen-bond donors (Lipinski definition) is 2. The van der Waals surface area contributed by atoms with E-state index in [-0.39, 0.29) is 16.6 Å². The van der Waals surface area contributed by atoms with E-state index < -0.39 is 11.9 Å². The average Bonchev–Trinajstić information content (AvgIpc) is 2.80. The zero-order valence-corrected chi connectivity index (χ0v) is 16.6. The smallest absolute Gasteiger partial charge is 0.337 e. The second kappa shape index (κ2) is 11.1. The highest BCUT2D eigenvalue weighted by Gasteiger charge is 2.20. The van der Waals surface area contributed by atoms with Crippen LogP contribution in [0.15, 0.2) is 109 Å². The highest BCUT2D eigenvalue weighted by molar-refractivity contribution is 6.06. The summed E-state index contributed by atoms with van der Waals surface area (Å²) in [7, 11) is 0. The van der Waals surface area contributed by atoms with Crippen LogP contribution in [-0.2, 0) is 0 Å². The van der Waals surface area contributed by atoms with Crippen LogP contribution >= 0.6 is 0 Å². The van der Waals surface area contributed by atoms with Crippen molar-refractivity contribution in [3.63, 3.8) is 0 Å². The lowest BCUT2D eigenvalue weighted by Gasteiger charge is -2.08. The molecule has 0 saturated heterocycles. The molecular weight excluding hydrogens is 392 g/mol. The van der Waals surface area contributed by atoms with Gasteiger partial charge in [-0.2, -0.15) is 0 Å². The highest BCUT2D eigenvalue weighted by atomic mass is 16.4. The van der Waals surface area contributed by atoms with Crippen LogP contribution in [0.4, 0.5) is 0 Å². The Hall–Kier alpha value is -4.22. The molecule has 0 aliphatic rings. The lowest BCUT2D eigenvalue weighted by molar-refractivity contribution is 0.0652. The van der Waals surface area contributed by atoms with Crippen LogP contribution in [-0.4, -0.2) is 27.6 Å². The van der Waals surface area contributed by atoms with Crippen molar-refractivity contribution in [2.45, 2.75) is 0 Å². The summed E-state index contributed by atoms with van der Waals surface area (Å²) in [4.78, 5) is 22.3. The molecule has 0 bridgehead atoms. The Morgan fingerprint density at radius 2 is 0.903 bits per heavy atom. The van der Waals surface area contributed by atoms with E-state index in [0.717, 1.165) is 0 Å². The van der Waals surface area contributed by atoms with Gasteiger partial charge in [0.25, 0.3) is 0 Å². The number of rotatable bonds is 4. The average molecular weight is 414 g/mol. The van der Waals surface area contributed by atoms with Gasteiger partial charge in [0.1, 0.15) is 0 Å². The number of carbonyl (C=O) groups is 2. The minimum Gasteiger partial charge on any atom is -0.478 e. The van der Waals surface area contributed by atoms with Gasteiger partial charge < -0.3 is 15.7 Å². The van der Waals surface area contributed by atoms with Crippen LogP contribution in [0.1, 0.15) is 20.7 Å². The topological polar surface area (TPSA) is 106 Å². The third-order valence-corrected chi connectivity index (χ3v) is 4.47. The van der Waals surface area contributed by atoms with Crippen molar-refractivity contribution in [2.24, 2.45) is 0 Å². The summed E-state index contributed by atoms with van der Waals surface area (Å²) < 4.78 is 0. The molecule has 0 amide bonds. The summed E-state index contributed by atoms with van der Waals surface area (Å²) in [6, 6.07) is 34.1. The lowest BCUT2D eigenvalue weighted by atomic mass is 9.95. The van der Waals surface area contributed by atoms with E-state index in [2.05, 4.69) is 48.5 Å². The van der Waals surface area contributed by atoms with Crippen molar-refractivity contribution >= 4 is 11.9 Å². The van der Waals surface area contributed by atoms with Crippen LogP contribution in [0.25, 0.3) is 22.3 Å². The van der Waals surface area contributed by atoms with E-state index in [9.17, 15) is 14.7 Å². The molecule has 0 radical (unpaired) electrons. The van der Waals surface area contributed by atoms with Gasteiger partial charge >= 0.3 is 11.9 Å². The molecule has 4 N–H and O–H groups in total. The summed E-state index contributed by atoms with van der Waals surface area (Å²) >= 11 is 0. The van der Waals surface area contributed by atoms with Gasteiger partial charge in [-0.15, -0.1) is 0 Å². The van der Waals surface area contributed by atoms with Crippen LogP contribution in [0.5, 0.6) is 0 Å². The van der Waals surface area contributed by atoms with E-state index in [4.69, 9.17) is 5.11 Å². The molecule has 0 unspecified atom stereocenters. The van der Waals surface area contributed by atoms with Gasteiger partial charge in [0, 0.05) is 0 Å². The van der Waals surface area contributed by atoms with Crippen molar-refractivity contribution in [1.29, 1.82) is 0 Å². The Bertz CT molecular complexity index is 1090. The summed E-state index contributed by atoms with van der Waals surface area (Å²) in [6.45, 7) is 0. The van der Waals surface area contributed by atoms with E-state index in [1.807, 2.05) is 18.2 Å². The molecule has 0 aromatic heterocycles. The van der Waals surface area contributed by atoms with E-state index in [0.29, 0.717) is 11.1 Å². The molecule has 31 heavy (non-hydrogen) atoms. The zero-order chi connectivity index (χ0) is 21.3.